The smallest absolute Gasteiger partial charge is 0.252 e. The van der Waals surface area contributed by atoms with E-state index in [1.807, 2.05) is 29.1 Å². The van der Waals surface area contributed by atoms with Crippen LogP contribution in [0.4, 0.5) is 21.7 Å². The first-order valence-corrected chi connectivity index (χ1v) is 12.5. The van der Waals surface area contributed by atoms with Crippen molar-refractivity contribution in [2.75, 3.05) is 30.3 Å². The van der Waals surface area contributed by atoms with Gasteiger partial charge in [0.15, 0.2) is 11.6 Å². The second-order valence-electron chi connectivity index (χ2n) is 9.59. The zero-order chi connectivity index (χ0) is 24.4. The summed E-state index contributed by atoms with van der Waals surface area (Å²) < 4.78 is 16.8. The average Bonchev–Trinajstić information content (AvgIpc) is 3.50. The van der Waals surface area contributed by atoms with E-state index in [0.29, 0.717) is 5.69 Å². The van der Waals surface area contributed by atoms with Crippen molar-refractivity contribution in [3.63, 3.8) is 0 Å². The van der Waals surface area contributed by atoms with E-state index in [2.05, 4.69) is 25.6 Å². The highest BCUT2D eigenvalue weighted by atomic mass is 19.1. The first kappa shape index (κ1) is 23.5. The standard InChI is InChI=1S/C25H33FN8O/c26-19-14-18(23(28)35)24(32-25(19)31-21-6-2-1-5-20(21)27)30-17-8-7-16-15-29-34(22(16)13-17)12-11-33-9-3-4-10-33/h7-8,13-15,20-21H,1-6,9-12,27H2,(H2,28,35)(H2,30,31,32). The number of carbonyl (C=O) groups excluding carboxylic acids is 1. The van der Waals surface area contributed by atoms with Gasteiger partial charge in [0, 0.05) is 29.7 Å². The van der Waals surface area contributed by atoms with Gasteiger partial charge in [-0.3, -0.25) is 9.48 Å². The van der Waals surface area contributed by atoms with E-state index < -0.39 is 11.7 Å². The summed E-state index contributed by atoms with van der Waals surface area (Å²) in [4.78, 5) is 18.9. The first-order valence-electron chi connectivity index (χ1n) is 12.5. The molecule has 1 aliphatic heterocycles. The molecule has 9 nitrogen and oxygen atoms in total. The van der Waals surface area contributed by atoms with E-state index in [-0.39, 0.29) is 29.3 Å². The summed E-state index contributed by atoms with van der Waals surface area (Å²) in [5.74, 6) is -1.11. The maximum Gasteiger partial charge on any atom is 0.252 e. The molecule has 1 saturated heterocycles. The van der Waals surface area contributed by atoms with Crippen molar-refractivity contribution in [3.05, 3.63) is 41.8 Å². The molecule has 1 aromatic carbocycles. The summed E-state index contributed by atoms with van der Waals surface area (Å²) in [6.45, 7) is 4.03. The van der Waals surface area contributed by atoms with Crippen LogP contribution < -0.4 is 22.1 Å². The molecule has 2 aromatic heterocycles. The van der Waals surface area contributed by atoms with Gasteiger partial charge in [-0.1, -0.05) is 12.8 Å². The Balaban J connectivity index is 1.40. The van der Waals surface area contributed by atoms with Crippen LogP contribution in [-0.4, -0.2) is 57.3 Å². The fraction of sp³-hybridized carbons (Fsp3) is 0.480. The van der Waals surface area contributed by atoms with Crippen LogP contribution in [0.15, 0.2) is 30.5 Å². The lowest BCUT2D eigenvalue weighted by Gasteiger charge is -2.30. The van der Waals surface area contributed by atoms with E-state index >= 15 is 0 Å². The molecule has 2 atom stereocenters. The molecule has 3 heterocycles. The fourth-order valence-corrected chi connectivity index (χ4v) is 5.09. The Morgan fingerprint density at radius 3 is 2.66 bits per heavy atom. The van der Waals surface area contributed by atoms with Gasteiger partial charge in [0.25, 0.3) is 5.91 Å². The number of amides is 1. The number of nitrogens with zero attached hydrogens (tertiary/aromatic N) is 4. The third-order valence-corrected chi connectivity index (χ3v) is 7.12. The third-order valence-electron chi connectivity index (χ3n) is 7.12. The molecule has 1 saturated carbocycles. The molecule has 1 amide bonds. The second-order valence-corrected chi connectivity index (χ2v) is 9.59. The number of anilines is 3. The summed E-state index contributed by atoms with van der Waals surface area (Å²) in [6.07, 6.45) is 8.19. The van der Waals surface area contributed by atoms with Crippen LogP contribution in [-0.2, 0) is 6.54 Å². The molecule has 3 aromatic rings. The van der Waals surface area contributed by atoms with Crippen LogP contribution in [0, 0.1) is 5.82 Å². The molecule has 5 rings (SSSR count). The number of primary amides is 1. The zero-order valence-corrected chi connectivity index (χ0v) is 19.8. The van der Waals surface area contributed by atoms with Crippen LogP contribution in [0.1, 0.15) is 48.9 Å². The van der Waals surface area contributed by atoms with Crippen molar-refractivity contribution in [3.8, 4) is 0 Å². The molecule has 35 heavy (non-hydrogen) atoms. The predicted octanol–water partition coefficient (Wildman–Crippen LogP) is 3.19. The average molecular weight is 481 g/mol. The number of pyridine rings is 1. The van der Waals surface area contributed by atoms with Crippen molar-refractivity contribution in [1.29, 1.82) is 0 Å². The van der Waals surface area contributed by atoms with Gasteiger partial charge >= 0.3 is 0 Å². The molecule has 0 spiro atoms. The maximum atomic E-state index is 14.8. The van der Waals surface area contributed by atoms with Crippen molar-refractivity contribution in [2.45, 2.75) is 57.2 Å². The molecule has 2 fully saturated rings. The molecule has 10 heteroatoms. The van der Waals surface area contributed by atoms with Gasteiger partial charge in [0.2, 0.25) is 0 Å². The number of likely N-dealkylation sites (tertiary alicyclic amines) is 1. The number of nitrogens with one attached hydrogen (secondary N) is 2. The monoisotopic (exact) mass is 480 g/mol. The summed E-state index contributed by atoms with van der Waals surface area (Å²) in [7, 11) is 0. The third kappa shape index (κ3) is 5.23. The highest BCUT2D eigenvalue weighted by molar-refractivity contribution is 5.99. The minimum atomic E-state index is -0.753. The summed E-state index contributed by atoms with van der Waals surface area (Å²) in [5, 5.41) is 11.9. The lowest BCUT2D eigenvalue weighted by atomic mass is 9.91. The van der Waals surface area contributed by atoms with Gasteiger partial charge < -0.3 is 27.0 Å². The molecule has 186 valence electrons. The lowest BCUT2D eigenvalue weighted by Crippen LogP contribution is -2.43. The van der Waals surface area contributed by atoms with E-state index in [1.54, 1.807) is 0 Å². The van der Waals surface area contributed by atoms with Crippen molar-refractivity contribution >= 4 is 34.1 Å². The van der Waals surface area contributed by atoms with Gasteiger partial charge in [-0.2, -0.15) is 5.10 Å². The minimum absolute atomic E-state index is 0.0105. The number of hydrogen-bond donors (Lipinski definition) is 4. The van der Waals surface area contributed by atoms with E-state index in [0.717, 1.165) is 68.8 Å². The second kappa shape index (κ2) is 10.2. The molecule has 0 bridgehead atoms. The van der Waals surface area contributed by atoms with Crippen LogP contribution in [0.25, 0.3) is 10.9 Å². The van der Waals surface area contributed by atoms with E-state index in [9.17, 15) is 9.18 Å². The number of benzene rings is 1. The van der Waals surface area contributed by atoms with E-state index in [1.165, 1.54) is 12.8 Å². The number of nitrogens with two attached hydrogens (primary N) is 2. The SMILES string of the molecule is NC(=O)c1cc(F)c(NC2CCCCC2N)nc1Nc1ccc2cnn(CCN3CCCC3)c2c1. The Morgan fingerprint density at radius 2 is 1.89 bits per heavy atom. The number of aromatic nitrogens is 3. The lowest BCUT2D eigenvalue weighted by molar-refractivity contribution is 0.100. The number of halogens is 1. The van der Waals surface area contributed by atoms with Gasteiger partial charge in [0.1, 0.15) is 5.82 Å². The van der Waals surface area contributed by atoms with Crippen LogP contribution in [0.2, 0.25) is 0 Å². The number of hydrogen-bond acceptors (Lipinski definition) is 7. The molecule has 1 aliphatic carbocycles. The summed E-state index contributed by atoms with van der Waals surface area (Å²) in [5.41, 5.74) is 13.4. The van der Waals surface area contributed by atoms with Crippen molar-refractivity contribution in [1.82, 2.24) is 19.7 Å². The molecular formula is C25H33FN8O. The first-order chi connectivity index (χ1) is 17.0. The number of fused-ring (bicyclic) bond motifs is 1. The Kier molecular flexibility index (Phi) is 6.83. The van der Waals surface area contributed by atoms with E-state index in [4.69, 9.17) is 11.5 Å². The van der Waals surface area contributed by atoms with Gasteiger partial charge in [0.05, 0.1) is 23.8 Å². The predicted molar refractivity (Wildman–Crippen MR) is 135 cm³/mol. The van der Waals surface area contributed by atoms with Crippen molar-refractivity contribution in [2.24, 2.45) is 11.5 Å². The van der Waals surface area contributed by atoms with Gasteiger partial charge in [-0.25, -0.2) is 9.37 Å². The van der Waals surface area contributed by atoms with Gasteiger partial charge in [-0.05, 0) is 63.0 Å². The minimum Gasteiger partial charge on any atom is -0.365 e. The van der Waals surface area contributed by atoms with Crippen molar-refractivity contribution < 1.29 is 9.18 Å². The van der Waals surface area contributed by atoms with Gasteiger partial charge in [-0.15, -0.1) is 0 Å². The topological polar surface area (TPSA) is 127 Å². The molecular weight excluding hydrogens is 447 g/mol. The Morgan fingerprint density at radius 1 is 1.09 bits per heavy atom. The largest absolute Gasteiger partial charge is 0.365 e. The maximum absolute atomic E-state index is 14.8. The van der Waals surface area contributed by atoms with Crippen LogP contribution in [0.3, 0.4) is 0 Å². The Labute approximate surface area is 204 Å². The number of carbonyl (C=O) groups is 1. The Hall–Kier alpha value is -3.24. The Bertz CT molecular complexity index is 1210. The fourth-order valence-electron chi connectivity index (χ4n) is 5.09. The normalized spacial score (nSPS) is 20.9. The molecule has 2 unspecified atom stereocenters. The highest BCUT2D eigenvalue weighted by Gasteiger charge is 2.24. The van der Waals surface area contributed by atoms with Crippen LogP contribution >= 0.6 is 0 Å². The highest BCUT2D eigenvalue weighted by Crippen LogP contribution is 2.28. The quantitative estimate of drug-likeness (QED) is 0.390. The summed E-state index contributed by atoms with van der Waals surface area (Å²) >= 11 is 0. The summed E-state index contributed by atoms with van der Waals surface area (Å²) in [6, 6.07) is 6.80. The number of rotatable bonds is 8. The molecule has 2 aliphatic rings. The zero-order valence-electron chi connectivity index (χ0n) is 19.8. The molecule has 6 N–H and O–H groups in total. The van der Waals surface area contributed by atoms with Crippen LogP contribution in [0.5, 0.6) is 0 Å². The molecule has 0 radical (unpaired) electrons.